The van der Waals surface area contributed by atoms with Gasteiger partial charge in [0.1, 0.15) is 17.5 Å². The molecule has 26 heavy (non-hydrogen) atoms. The number of methoxy groups -OCH3 is 1. The second-order valence-corrected chi connectivity index (χ2v) is 6.21. The van der Waals surface area contributed by atoms with Gasteiger partial charge < -0.3 is 14.5 Å². The summed E-state index contributed by atoms with van der Waals surface area (Å²) < 4.78 is 13.6. The van der Waals surface area contributed by atoms with Gasteiger partial charge in [-0.1, -0.05) is 0 Å². The molecule has 0 unspecified atom stereocenters. The number of aryl methyl sites for hydroxylation is 1. The van der Waals surface area contributed by atoms with Crippen molar-refractivity contribution in [2.24, 2.45) is 0 Å². The molecule has 138 valence electrons. The summed E-state index contributed by atoms with van der Waals surface area (Å²) in [7, 11) is 1.55. The number of rotatable bonds is 6. The molecule has 0 bridgehead atoms. The van der Waals surface area contributed by atoms with E-state index in [-0.39, 0.29) is 28.3 Å². The molecule has 0 saturated carbocycles. The van der Waals surface area contributed by atoms with Crippen molar-refractivity contribution < 1.29 is 13.9 Å². The predicted molar refractivity (Wildman–Crippen MR) is 95.4 cm³/mol. The highest BCUT2D eigenvalue weighted by molar-refractivity contribution is 6.12. The molecule has 3 rings (SSSR count). The van der Waals surface area contributed by atoms with Gasteiger partial charge in [0.15, 0.2) is 0 Å². The van der Waals surface area contributed by atoms with E-state index in [4.69, 9.17) is 9.15 Å². The number of ether oxygens (including phenoxy) is 1. The normalized spacial score (nSPS) is 11.4. The molecule has 9 nitrogen and oxygen atoms in total. The first kappa shape index (κ1) is 17.9. The van der Waals surface area contributed by atoms with Crippen molar-refractivity contribution in [2.75, 3.05) is 19.0 Å². The fourth-order valence-corrected chi connectivity index (χ4v) is 2.64. The van der Waals surface area contributed by atoms with Crippen molar-refractivity contribution in [1.29, 1.82) is 0 Å². The number of amides is 1. The monoisotopic (exact) mass is 359 g/mol. The molecule has 0 saturated heterocycles. The van der Waals surface area contributed by atoms with Crippen molar-refractivity contribution in [3.05, 3.63) is 40.4 Å². The van der Waals surface area contributed by atoms with Crippen LogP contribution in [0.4, 0.5) is 5.69 Å². The Morgan fingerprint density at radius 3 is 2.85 bits per heavy atom. The van der Waals surface area contributed by atoms with Crippen LogP contribution >= 0.6 is 0 Å². The maximum Gasteiger partial charge on any atom is 0.265 e. The highest BCUT2D eigenvalue weighted by Gasteiger charge is 2.23. The summed E-state index contributed by atoms with van der Waals surface area (Å²) in [5.41, 5.74) is 0.527. The SMILES string of the molecule is COCCn1cnc2oc(C)c(C(=O)Nc3cnn(C(C)C)c3)c2c1=O. The molecular formula is C17H21N5O4. The van der Waals surface area contributed by atoms with Crippen LogP contribution in [-0.2, 0) is 11.3 Å². The van der Waals surface area contributed by atoms with Gasteiger partial charge in [-0.05, 0) is 20.8 Å². The van der Waals surface area contributed by atoms with Gasteiger partial charge in [0.05, 0.1) is 30.6 Å². The van der Waals surface area contributed by atoms with Crippen molar-refractivity contribution in [2.45, 2.75) is 33.4 Å². The fourth-order valence-electron chi connectivity index (χ4n) is 2.64. The van der Waals surface area contributed by atoms with Crippen molar-refractivity contribution >= 4 is 22.7 Å². The maximum atomic E-state index is 12.8. The molecule has 0 aliphatic heterocycles. The number of nitrogens with zero attached hydrogens (tertiary/aromatic N) is 4. The van der Waals surface area contributed by atoms with Gasteiger partial charge in [-0.2, -0.15) is 5.10 Å². The Bertz CT molecular complexity index is 998. The van der Waals surface area contributed by atoms with E-state index in [1.54, 1.807) is 31.1 Å². The van der Waals surface area contributed by atoms with Crippen molar-refractivity contribution in [1.82, 2.24) is 19.3 Å². The number of anilines is 1. The van der Waals surface area contributed by atoms with Crippen LogP contribution in [0.5, 0.6) is 0 Å². The topological polar surface area (TPSA) is 104 Å². The number of furan rings is 1. The van der Waals surface area contributed by atoms with E-state index in [2.05, 4.69) is 15.4 Å². The molecule has 1 N–H and O–H groups in total. The molecule has 0 spiro atoms. The van der Waals surface area contributed by atoms with E-state index >= 15 is 0 Å². The molecule has 0 radical (unpaired) electrons. The average Bonchev–Trinajstić information content (AvgIpc) is 3.18. The largest absolute Gasteiger partial charge is 0.442 e. The first-order valence-corrected chi connectivity index (χ1v) is 8.25. The highest BCUT2D eigenvalue weighted by Crippen LogP contribution is 2.22. The van der Waals surface area contributed by atoms with Gasteiger partial charge in [0, 0.05) is 19.3 Å². The van der Waals surface area contributed by atoms with Gasteiger partial charge in [-0.25, -0.2) is 4.98 Å². The lowest BCUT2D eigenvalue weighted by Gasteiger charge is -2.05. The van der Waals surface area contributed by atoms with E-state index in [1.807, 2.05) is 13.8 Å². The zero-order valence-corrected chi connectivity index (χ0v) is 15.1. The summed E-state index contributed by atoms with van der Waals surface area (Å²) in [5, 5.41) is 7.11. The van der Waals surface area contributed by atoms with Crippen LogP contribution in [0.3, 0.4) is 0 Å². The lowest BCUT2D eigenvalue weighted by molar-refractivity contribution is 0.102. The Balaban J connectivity index is 1.98. The zero-order valence-electron chi connectivity index (χ0n) is 15.1. The molecule has 0 aliphatic rings. The molecular weight excluding hydrogens is 338 g/mol. The smallest absolute Gasteiger partial charge is 0.265 e. The highest BCUT2D eigenvalue weighted by atomic mass is 16.5. The number of fused-ring (bicyclic) bond motifs is 1. The van der Waals surface area contributed by atoms with Crippen LogP contribution in [0.25, 0.3) is 11.1 Å². The van der Waals surface area contributed by atoms with E-state index < -0.39 is 5.91 Å². The standard InChI is InChI=1S/C17H21N5O4/c1-10(2)22-8-12(7-19-22)20-15(23)13-11(3)26-16-14(13)17(24)21(9-18-16)5-6-25-4/h7-10H,5-6H2,1-4H3,(H,20,23). The summed E-state index contributed by atoms with van der Waals surface area (Å²) in [6.07, 6.45) is 4.68. The summed E-state index contributed by atoms with van der Waals surface area (Å²) in [6, 6.07) is 0.175. The lowest BCUT2D eigenvalue weighted by atomic mass is 10.1. The van der Waals surface area contributed by atoms with Crippen LogP contribution in [0.1, 0.15) is 36.0 Å². The molecule has 0 atom stereocenters. The summed E-state index contributed by atoms with van der Waals surface area (Å²) in [4.78, 5) is 29.6. The molecule has 0 aromatic carbocycles. The Hall–Kier alpha value is -2.94. The minimum Gasteiger partial charge on any atom is -0.442 e. The van der Waals surface area contributed by atoms with Crippen molar-refractivity contribution in [3.63, 3.8) is 0 Å². The van der Waals surface area contributed by atoms with E-state index in [0.29, 0.717) is 24.6 Å². The third-order valence-electron chi connectivity index (χ3n) is 4.01. The number of hydrogen-bond donors (Lipinski definition) is 1. The number of nitrogens with one attached hydrogen (secondary N) is 1. The summed E-state index contributed by atoms with van der Waals surface area (Å²) in [6.45, 7) is 6.30. The number of hydrogen-bond acceptors (Lipinski definition) is 6. The van der Waals surface area contributed by atoms with Gasteiger partial charge in [-0.3, -0.25) is 18.8 Å². The van der Waals surface area contributed by atoms with E-state index in [0.717, 1.165) is 0 Å². The second kappa shape index (κ2) is 7.12. The minimum atomic E-state index is -0.437. The minimum absolute atomic E-state index is 0.143. The quantitative estimate of drug-likeness (QED) is 0.721. The average molecular weight is 359 g/mol. The molecule has 3 heterocycles. The third-order valence-corrected chi connectivity index (χ3v) is 4.01. The molecule has 0 fully saturated rings. The second-order valence-electron chi connectivity index (χ2n) is 6.21. The van der Waals surface area contributed by atoms with Crippen LogP contribution in [0.2, 0.25) is 0 Å². The lowest BCUT2D eigenvalue weighted by Crippen LogP contribution is -2.24. The number of aromatic nitrogens is 4. The molecule has 3 aromatic heterocycles. The Morgan fingerprint density at radius 2 is 2.19 bits per heavy atom. The first-order valence-electron chi connectivity index (χ1n) is 8.25. The van der Waals surface area contributed by atoms with Gasteiger partial charge >= 0.3 is 0 Å². The van der Waals surface area contributed by atoms with E-state index in [9.17, 15) is 9.59 Å². The molecule has 1 amide bonds. The molecule has 3 aromatic rings. The third kappa shape index (κ3) is 3.25. The van der Waals surface area contributed by atoms with Crippen LogP contribution in [0.15, 0.2) is 27.9 Å². The van der Waals surface area contributed by atoms with Gasteiger partial charge in [0.2, 0.25) is 5.71 Å². The summed E-state index contributed by atoms with van der Waals surface area (Å²) in [5.74, 6) is -0.101. The van der Waals surface area contributed by atoms with E-state index in [1.165, 1.54) is 10.9 Å². The first-order chi connectivity index (χ1) is 12.4. The number of carbonyl (C=O) groups is 1. The Kier molecular flexibility index (Phi) is 4.90. The summed E-state index contributed by atoms with van der Waals surface area (Å²) >= 11 is 0. The molecule has 9 heteroatoms. The van der Waals surface area contributed by atoms with Crippen LogP contribution in [-0.4, -0.2) is 39.0 Å². The fraction of sp³-hybridized carbons (Fsp3) is 0.412. The maximum absolute atomic E-state index is 12.8. The van der Waals surface area contributed by atoms with Crippen LogP contribution in [0, 0.1) is 6.92 Å². The Labute approximate surface area is 149 Å². The van der Waals surface area contributed by atoms with Crippen molar-refractivity contribution in [3.8, 4) is 0 Å². The molecule has 0 aliphatic carbocycles. The Morgan fingerprint density at radius 1 is 1.42 bits per heavy atom. The van der Waals surface area contributed by atoms with Crippen LogP contribution < -0.4 is 10.9 Å². The van der Waals surface area contributed by atoms with Gasteiger partial charge in [-0.15, -0.1) is 0 Å². The predicted octanol–water partition coefficient (Wildman–Crippen LogP) is 1.97. The number of carbonyl (C=O) groups excluding carboxylic acids is 1. The van der Waals surface area contributed by atoms with Gasteiger partial charge in [0.25, 0.3) is 11.5 Å². The zero-order chi connectivity index (χ0) is 18.8.